The minimum Gasteiger partial charge on any atom is -0.444 e. The van der Waals surface area contributed by atoms with Crippen LogP contribution < -0.4 is 15.5 Å². The van der Waals surface area contributed by atoms with E-state index in [0.717, 1.165) is 54.9 Å². The molecule has 1 aromatic carbocycles. The summed E-state index contributed by atoms with van der Waals surface area (Å²) in [6, 6.07) is 5.80. The van der Waals surface area contributed by atoms with E-state index in [1.54, 1.807) is 20.8 Å². The quantitative estimate of drug-likeness (QED) is 0.291. The van der Waals surface area contributed by atoms with Gasteiger partial charge >= 0.3 is 6.09 Å². The number of amides is 1. The first-order chi connectivity index (χ1) is 19.8. The molecule has 42 heavy (non-hydrogen) atoms. The molecule has 11 heteroatoms. The first-order valence-corrected chi connectivity index (χ1v) is 15.1. The lowest BCUT2D eigenvalue weighted by molar-refractivity contribution is -0.122. The zero-order valence-corrected chi connectivity index (χ0v) is 26.4. The van der Waals surface area contributed by atoms with Gasteiger partial charge in [-0.15, -0.1) is 10.2 Å². The van der Waals surface area contributed by atoms with Crippen molar-refractivity contribution in [1.82, 2.24) is 24.9 Å². The van der Waals surface area contributed by atoms with Crippen molar-refractivity contribution in [3.63, 3.8) is 0 Å². The second kappa shape index (κ2) is 13.2. The molecule has 1 saturated heterocycles. The van der Waals surface area contributed by atoms with Crippen molar-refractivity contribution in [1.29, 1.82) is 0 Å². The molecule has 0 bridgehead atoms. The number of nitrogens with zero attached hydrogens (tertiary/aromatic N) is 5. The van der Waals surface area contributed by atoms with Crippen LogP contribution in [0, 0.1) is 12.8 Å². The normalized spacial score (nSPS) is 18.5. The highest BCUT2D eigenvalue weighted by molar-refractivity contribution is 5.88. The van der Waals surface area contributed by atoms with Crippen LogP contribution in [0.2, 0.25) is 0 Å². The van der Waals surface area contributed by atoms with Crippen molar-refractivity contribution < 1.29 is 19.1 Å². The molecule has 1 aliphatic heterocycles. The molecule has 1 fully saturated rings. The van der Waals surface area contributed by atoms with Gasteiger partial charge in [-0.1, -0.05) is 20.3 Å². The van der Waals surface area contributed by atoms with Gasteiger partial charge in [0.1, 0.15) is 11.4 Å². The van der Waals surface area contributed by atoms with E-state index in [2.05, 4.69) is 57.8 Å². The number of aromatic nitrogens is 4. The van der Waals surface area contributed by atoms with E-state index in [1.807, 2.05) is 25.2 Å². The number of carbonyl (C=O) groups excluding carboxylic acids is 2. The molecule has 1 amide bonds. The van der Waals surface area contributed by atoms with Gasteiger partial charge in [0.05, 0.1) is 29.3 Å². The average molecular weight is 582 g/mol. The number of rotatable bonds is 11. The first kappa shape index (κ1) is 31.5. The molecule has 0 radical (unpaired) electrons. The summed E-state index contributed by atoms with van der Waals surface area (Å²) in [5, 5.41) is 14.9. The minimum atomic E-state index is -0.610. The number of alkyl carbamates (subject to hydrolysis) is 1. The van der Waals surface area contributed by atoms with E-state index in [-0.39, 0.29) is 23.9 Å². The molecule has 11 nitrogen and oxygen atoms in total. The zero-order valence-electron chi connectivity index (χ0n) is 26.4. The van der Waals surface area contributed by atoms with Crippen molar-refractivity contribution in [3.8, 4) is 0 Å². The Hall–Kier alpha value is -3.47. The SMILES string of the molecule is Cc1nnc2c(NCCCCCC(=O)[C@@H](NC(=O)OC(C)(C)C)C(C)C)nc3cc(N4C[C@@H](C)O[C@@H](C)C4)ccc3n12. The molecule has 1 aliphatic rings. The van der Waals surface area contributed by atoms with Crippen LogP contribution in [0.25, 0.3) is 16.7 Å². The molecule has 0 saturated carbocycles. The van der Waals surface area contributed by atoms with Gasteiger partial charge < -0.3 is 25.0 Å². The van der Waals surface area contributed by atoms with E-state index in [1.165, 1.54) is 0 Å². The van der Waals surface area contributed by atoms with Gasteiger partial charge in [-0.2, -0.15) is 0 Å². The molecule has 2 aromatic heterocycles. The Morgan fingerprint density at radius 3 is 2.48 bits per heavy atom. The minimum absolute atomic E-state index is 0.0183. The van der Waals surface area contributed by atoms with Crippen LogP contribution in [0.4, 0.5) is 16.3 Å². The molecular formula is C31H47N7O4. The number of nitrogens with one attached hydrogen (secondary N) is 2. The second-order valence-corrected chi connectivity index (χ2v) is 12.8. The smallest absolute Gasteiger partial charge is 0.408 e. The first-order valence-electron chi connectivity index (χ1n) is 15.1. The van der Waals surface area contributed by atoms with E-state index < -0.39 is 17.7 Å². The van der Waals surface area contributed by atoms with Crippen LogP contribution in [-0.2, 0) is 14.3 Å². The number of anilines is 2. The summed E-state index contributed by atoms with van der Waals surface area (Å²) in [5.41, 5.74) is 3.05. The summed E-state index contributed by atoms with van der Waals surface area (Å²) in [5.74, 6) is 1.51. The number of hydrogen-bond acceptors (Lipinski definition) is 9. The third-order valence-corrected chi connectivity index (χ3v) is 7.33. The monoisotopic (exact) mass is 581 g/mol. The molecule has 0 aliphatic carbocycles. The van der Waals surface area contributed by atoms with Crippen molar-refractivity contribution in [2.75, 3.05) is 29.9 Å². The van der Waals surface area contributed by atoms with Gasteiger partial charge in [0.25, 0.3) is 0 Å². The highest BCUT2D eigenvalue weighted by Gasteiger charge is 2.26. The second-order valence-electron chi connectivity index (χ2n) is 12.8. The van der Waals surface area contributed by atoms with Gasteiger partial charge in [-0.3, -0.25) is 9.20 Å². The topological polar surface area (TPSA) is 123 Å². The Morgan fingerprint density at radius 2 is 1.81 bits per heavy atom. The number of Topliss-reactive ketones (excluding diaryl/α,β-unsaturated/α-hetero) is 1. The van der Waals surface area contributed by atoms with Crippen molar-refractivity contribution in [3.05, 3.63) is 24.0 Å². The maximum absolute atomic E-state index is 12.9. The molecule has 3 atom stereocenters. The van der Waals surface area contributed by atoms with E-state index in [9.17, 15) is 9.59 Å². The molecule has 0 unspecified atom stereocenters. The van der Waals surface area contributed by atoms with Crippen LogP contribution in [0.15, 0.2) is 18.2 Å². The van der Waals surface area contributed by atoms with Crippen LogP contribution >= 0.6 is 0 Å². The predicted molar refractivity (Wildman–Crippen MR) is 165 cm³/mol. The molecule has 0 spiro atoms. The van der Waals surface area contributed by atoms with Crippen molar-refractivity contribution in [2.24, 2.45) is 5.92 Å². The fraction of sp³-hybridized carbons (Fsp3) is 0.645. The van der Waals surface area contributed by atoms with E-state index in [0.29, 0.717) is 24.4 Å². The standard InChI is InChI=1S/C31H47N7O4/c1-19(2)27(34-30(40)42-31(6,7)8)26(39)12-10-9-11-15-32-28-29-36-35-22(5)38(29)25-14-13-23(16-24(25)33-28)37-17-20(3)41-21(4)18-37/h13-14,16,19-21,27H,9-12,15,17-18H2,1-8H3,(H,32,33)(H,34,40)/t20-,21+,27-/m0/s1. The van der Waals surface area contributed by atoms with Crippen LogP contribution in [0.5, 0.6) is 0 Å². The summed E-state index contributed by atoms with van der Waals surface area (Å²) >= 11 is 0. The summed E-state index contributed by atoms with van der Waals surface area (Å²) in [6.45, 7) is 17.8. The summed E-state index contributed by atoms with van der Waals surface area (Å²) < 4.78 is 13.3. The van der Waals surface area contributed by atoms with E-state index >= 15 is 0 Å². The maximum Gasteiger partial charge on any atom is 0.408 e. The van der Waals surface area contributed by atoms with Gasteiger partial charge in [-0.25, -0.2) is 9.78 Å². The number of fused-ring (bicyclic) bond motifs is 3. The van der Waals surface area contributed by atoms with Crippen LogP contribution in [0.3, 0.4) is 0 Å². The van der Waals surface area contributed by atoms with Gasteiger partial charge in [-0.05, 0) is 78.5 Å². The lowest BCUT2D eigenvalue weighted by Gasteiger charge is -2.36. The van der Waals surface area contributed by atoms with Gasteiger partial charge in [0.2, 0.25) is 5.65 Å². The third-order valence-electron chi connectivity index (χ3n) is 7.33. The third kappa shape index (κ3) is 7.87. The number of aryl methyl sites for hydroxylation is 1. The van der Waals surface area contributed by atoms with Crippen LogP contribution in [-0.4, -0.2) is 74.9 Å². The van der Waals surface area contributed by atoms with Crippen molar-refractivity contribution in [2.45, 2.75) is 105 Å². The van der Waals surface area contributed by atoms with Gasteiger partial charge in [0.15, 0.2) is 11.6 Å². The number of ketones is 1. The predicted octanol–water partition coefficient (Wildman–Crippen LogP) is 5.29. The molecule has 4 rings (SSSR count). The molecule has 3 aromatic rings. The fourth-order valence-electron chi connectivity index (χ4n) is 5.49. The molecule has 230 valence electrons. The van der Waals surface area contributed by atoms with E-state index in [4.69, 9.17) is 14.5 Å². The fourth-order valence-corrected chi connectivity index (χ4v) is 5.49. The molecule has 3 heterocycles. The van der Waals surface area contributed by atoms with Crippen molar-refractivity contribution >= 4 is 40.1 Å². The largest absolute Gasteiger partial charge is 0.444 e. The maximum atomic E-state index is 12.9. The Bertz CT molecular complexity index is 1390. The number of benzene rings is 1. The number of morpholine rings is 1. The van der Waals surface area contributed by atoms with Gasteiger partial charge in [0, 0.05) is 31.7 Å². The molecular weight excluding hydrogens is 534 g/mol. The Morgan fingerprint density at radius 1 is 1.10 bits per heavy atom. The Balaban J connectivity index is 1.35. The summed E-state index contributed by atoms with van der Waals surface area (Å²) in [7, 11) is 0. The molecule has 2 N–H and O–H groups in total. The zero-order chi connectivity index (χ0) is 30.6. The summed E-state index contributed by atoms with van der Waals surface area (Å²) in [4.78, 5) is 32.4. The lowest BCUT2D eigenvalue weighted by atomic mass is 9.96. The number of hydrogen-bond donors (Lipinski definition) is 2. The van der Waals surface area contributed by atoms with Crippen LogP contribution in [0.1, 0.15) is 80.0 Å². The highest BCUT2D eigenvalue weighted by Crippen LogP contribution is 2.27. The Labute approximate surface area is 248 Å². The number of carbonyl (C=O) groups is 2. The lowest BCUT2D eigenvalue weighted by Crippen LogP contribution is -2.46. The Kier molecular flexibility index (Phi) is 9.91. The summed E-state index contributed by atoms with van der Waals surface area (Å²) in [6.07, 6.45) is 2.66. The average Bonchev–Trinajstić information content (AvgIpc) is 3.28. The number of unbranched alkanes of at least 4 members (excludes halogenated alkanes) is 2. The highest BCUT2D eigenvalue weighted by atomic mass is 16.6. The number of ether oxygens (including phenoxy) is 2.